The summed E-state index contributed by atoms with van der Waals surface area (Å²) in [5, 5.41) is 0. The molecule has 7 heteroatoms. The number of aromatic nitrogens is 1. The molecule has 1 atom stereocenters. The van der Waals surface area contributed by atoms with Crippen molar-refractivity contribution in [2.75, 3.05) is 31.1 Å². The molecule has 152 valence electrons. The summed E-state index contributed by atoms with van der Waals surface area (Å²) in [5.74, 6) is -0.487. The number of carbonyl (C=O) groups is 2. The summed E-state index contributed by atoms with van der Waals surface area (Å²) < 4.78 is 19.3. The lowest BCUT2D eigenvalue weighted by Crippen LogP contribution is -2.55. The number of hydrogen-bond donors (Lipinski definition) is 0. The first-order chi connectivity index (χ1) is 14.0. The Bertz CT molecular complexity index is 918. The summed E-state index contributed by atoms with van der Waals surface area (Å²) in [4.78, 5) is 33.1. The van der Waals surface area contributed by atoms with Crippen LogP contribution in [0.3, 0.4) is 0 Å². The quantitative estimate of drug-likeness (QED) is 0.782. The molecule has 0 aliphatic carbocycles. The van der Waals surface area contributed by atoms with Crippen LogP contribution in [-0.4, -0.2) is 53.5 Å². The molecule has 0 saturated carbocycles. The van der Waals surface area contributed by atoms with Crippen molar-refractivity contribution >= 4 is 17.5 Å². The maximum atomic E-state index is 13.3. The molecule has 2 fully saturated rings. The van der Waals surface area contributed by atoms with Crippen LogP contribution in [0.1, 0.15) is 35.3 Å². The molecule has 0 radical (unpaired) electrons. The molecule has 2 saturated heterocycles. The first-order valence-corrected chi connectivity index (χ1v) is 9.88. The predicted octanol–water partition coefficient (Wildman–Crippen LogP) is 2.96. The van der Waals surface area contributed by atoms with Gasteiger partial charge in [-0.25, -0.2) is 4.39 Å². The number of rotatable bonds is 2. The lowest BCUT2D eigenvalue weighted by molar-refractivity contribution is -0.140. The highest BCUT2D eigenvalue weighted by Gasteiger charge is 2.42. The van der Waals surface area contributed by atoms with Crippen LogP contribution >= 0.6 is 0 Å². The second kappa shape index (κ2) is 7.91. The molecular weight excluding hydrogens is 373 g/mol. The molecule has 2 amide bonds. The fourth-order valence-electron chi connectivity index (χ4n) is 4.12. The minimum absolute atomic E-state index is 0.00691. The van der Waals surface area contributed by atoms with Gasteiger partial charge in [0.25, 0.3) is 11.8 Å². The highest BCUT2D eigenvalue weighted by molar-refractivity contribution is 5.96. The molecule has 1 aromatic heterocycles. The number of nitrogens with zero attached hydrogens (tertiary/aromatic N) is 3. The number of carbonyl (C=O) groups excluding carboxylic acids is 2. The average Bonchev–Trinajstić information content (AvgIpc) is 2.93. The molecule has 1 unspecified atom stereocenters. The maximum absolute atomic E-state index is 13.3. The number of benzene rings is 1. The van der Waals surface area contributed by atoms with Crippen LogP contribution in [0, 0.1) is 12.7 Å². The first kappa shape index (κ1) is 19.5. The van der Waals surface area contributed by atoms with Crippen LogP contribution < -0.4 is 4.90 Å². The third-order valence-electron chi connectivity index (χ3n) is 5.81. The second-order valence-electron chi connectivity index (χ2n) is 7.71. The third kappa shape index (κ3) is 4.00. The van der Waals surface area contributed by atoms with Gasteiger partial charge in [0.15, 0.2) is 0 Å². The molecule has 3 heterocycles. The topological polar surface area (TPSA) is 62.7 Å². The van der Waals surface area contributed by atoms with Gasteiger partial charge < -0.3 is 14.5 Å². The third-order valence-corrected chi connectivity index (χ3v) is 5.81. The van der Waals surface area contributed by atoms with Gasteiger partial charge in [-0.05, 0) is 62.6 Å². The van der Waals surface area contributed by atoms with Gasteiger partial charge in [-0.3, -0.25) is 14.6 Å². The number of pyridine rings is 1. The zero-order valence-corrected chi connectivity index (χ0v) is 16.4. The van der Waals surface area contributed by atoms with Gasteiger partial charge in [0.2, 0.25) is 0 Å². The van der Waals surface area contributed by atoms with E-state index in [1.165, 1.54) is 12.1 Å². The summed E-state index contributed by atoms with van der Waals surface area (Å²) in [5.41, 5.74) is 1.51. The lowest BCUT2D eigenvalue weighted by Gasteiger charge is -2.42. The number of ether oxygens (including phenoxy) is 1. The minimum atomic E-state index is -0.499. The summed E-state index contributed by atoms with van der Waals surface area (Å²) in [6, 6.07) is 9.52. The van der Waals surface area contributed by atoms with Gasteiger partial charge >= 0.3 is 0 Å². The van der Waals surface area contributed by atoms with E-state index in [4.69, 9.17) is 4.74 Å². The molecule has 0 N–H and O–H groups in total. The van der Waals surface area contributed by atoms with Crippen LogP contribution in [0.5, 0.6) is 0 Å². The van der Waals surface area contributed by atoms with Gasteiger partial charge in [-0.15, -0.1) is 0 Å². The number of aryl methyl sites for hydroxylation is 1. The van der Waals surface area contributed by atoms with E-state index in [1.54, 1.807) is 35.4 Å². The SMILES string of the molecule is Cc1ncccc1C(=O)N1CCCC2(CC1)CN(c1ccc(F)cc1)C(=O)CO2. The standard InChI is InChI=1S/C22H24FN3O3/c1-16-19(4-2-11-24-16)21(28)25-12-3-9-22(10-13-25)15-26(20(27)14-29-22)18-7-5-17(23)6-8-18/h2,4-8,11H,3,9-10,12-15H2,1H3. The van der Waals surface area contributed by atoms with Crippen molar-refractivity contribution in [2.24, 2.45) is 0 Å². The number of likely N-dealkylation sites (tertiary alicyclic amines) is 1. The Labute approximate surface area is 169 Å². The zero-order chi connectivity index (χ0) is 20.4. The predicted molar refractivity (Wildman–Crippen MR) is 106 cm³/mol. The molecule has 4 rings (SSSR count). The van der Waals surface area contributed by atoms with Crippen LogP contribution in [0.15, 0.2) is 42.6 Å². The minimum Gasteiger partial charge on any atom is -0.363 e. The Morgan fingerprint density at radius 1 is 1.17 bits per heavy atom. The summed E-state index contributed by atoms with van der Waals surface area (Å²) in [6.07, 6.45) is 3.87. The van der Waals surface area contributed by atoms with E-state index < -0.39 is 5.60 Å². The first-order valence-electron chi connectivity index (χ1n) is 9.88. The van der Waals surface area contributed by atoms with Crippen LogP contribution in [0.25, 0.3) is 0 Å². The van der Waals surface area contributed by atoms with Crippen molar-refractivity contribution in [3.05, 3.63) is 59.7 Å². The monoisotopic (exact) mass is 397 g/mol. The number of hydrogen-bond acceptors (Lipinski definition) is 4. The Morgan fingerprint density at radius 2 is 1.97 bits per heavy atom. The van der Waals surface area contributed by atoms with Crippen molar-refractivity contribution in [2.45, 2.75) is 31.8 Å². The van der Waals surface area contributed by atoms with Crippen molar-refractivity contribution < 1.29 is 18.7 Å². The van der Waals surface area contributed by atoms with E-state index in [2.05, 4.69) is 4.98 Å². The van der Waals surface area contributed by atoms with Crippen molar-refractivity contribution in [1.82, 2.24) is 9.88 Å². The van der Waals surface area contributed by atoms with Gasteiger partial charge in [0.1, 0.15) is 12.4 Å². The molecule has 6 nitrogen and oxygen atoms in total. The van der Waals surface area contributed by atoms with Crippen LogP contribution in [0.4, 0.5) is 10.1 Å². The Morgan fingerprint density at radius 3 is 2.72 bits per heavy atom. The number of anilines is 1. The Kier molecular flexibility index (Phi) is 5.32. The summed E-state index contributed by atoms with van der Waals surface area (Å²) in [6.45, 7) is 3.43. The smallest absolute Gasteiger partial charge is 0.255 e. The fourth-order valence-corrected chi connectivity index (χ4v) is 4.12. The van der Waals surface area contributed by atoms with E-state index in [9.17, 15) is 14.0 Å². The highest BCUT2D eigenvalue weighted by Crippen LogP contribution is 2.33. The fraction of sp³-hybridized carbons (Fsp3) is 0.409. The zero-order valence-electron chi connectivity index (χ0n) is 16.4. The van der Waals surface area contributed by atoms with Crippen molar-refractivity contribution in [1.29, 1.82) is 0 Å². The van der Waals surface area contributed by atoms with E-state index in [0.717, 1.165) is 18.5 Å². The molecule has 1 spiro atoms. The molecular formula is C22H24FN3O3. The lowest BCUT2D eigenvalue weighted by atomic mass is 9.92. The Hall–Kier alpha value is -2.80. The van der Waals surface area contributed by atoms with Crippen molar-refractivity contribution in [3.8, 4) is 0 Å². The molecule has 2 aromatic rings. The highest BCUT2D eigenvalue weighted by atomic mass is 19.1. The summed E-state index contributed by atoms with van der Waals surface area (Å²) in [7, 11) is 0. The molecule has 2 aliphatic rings. The van der Waals surface area contributed by atoms with Crippen LogP contribution in [-0.2, 0) is 9.53 Å². The van der Waals surface area contributed by atoms with E-state index in [0.29, 0.717) is 37.3 Å². The number of morpholine rings is 1. The van der Waals surface area contributed by atoms with Crippen molar-refractivity contribution in [3.63, 3.8) is 0 Å². The number of amides is 2. The number of halogens is 1. The van der Waals surface area contributed by atoms with Gasteiger partial charge in [-0.2, -0.15) is 0 Å². The molecule has 2 aliphatic heterocycles. The van der Waals surface area contributed by atoms with E-state index >= 15 is 0 Å². The second-order valence-corrected chi connectivity index (χ2v) is 7.71. The maximum Gasteiger partial charge on any atom is 0.255 e. The van der Waals surface area contributed by atoms with Crippen LogP contribution in [0.2, 0.25) is 0 Å². The van der Waals surface area contributed by atoms with Gasteiger partial charge in [-0.1, -0.05) is 0 Å². The largest absolute Gasteiger partial charge is 0.363 e. The Balaban J connectivity index is 1.49. The van der Waals surface area contributed by atoms with Gasteiger partial charge in [0.05, 0.1) is 17.7 Å². The van der Waals surface area contributed by atoms with Gasteiger partial charge in [0, 0.05) is 30.7 Å². The summed E-state index contributed by atoms with van der Waals surface area (Å²) >= 11 is 0. The normalized spacial score (nSPS) is 22.6. The average molecular weight is 397 g/mol. The molecule has 0 bridgehead atoms. The molecule has 1 aromatic carbocycles. The molecule has 29 heavy (non-hydrogen) atoms. The van der Waals surface area contributed by atoms with E-state index in [1.807, 2.05) is 11.8 Å². The van der Waals surface area contributed by atoms with E-state index in [-0.39, 0.29) is 24.2 Å².